The number of carbonyl (C=O) groups is 1. The summed E-state index contributed by atoms with van der Waals surface area (Å²) >= 11 is 0. The van der Waals surface area contributed by atoms with Crippen molar-refractivity contribution in [3.63, 3.8) is 0 Å². The fraction of sp³-hybridized carbons (Fsp3) is 0.952. The highest BCUT2D eigenvalue weighted by Crippen LogP contribution is 2.30. The van der Waals surface area contributed by atoms with Gasteiger partial charge >= 0.3 is 0 Å². The van der Waals surface area contributed by atoms with E-state index in [1.54, 1.807) is 0 Å². The van der Waals surface area contributed by atoms with Gasteiger partial charge in [0.2, 0.25) is 5.91 Å². The maximum absolute atomic E-state index is 12.2. The average Bonchev–Trinajstić information content (AvgIpc) is 3.50. The zero-order chi connectivity index (χ0) is 19.3. The number of carbonyl (C=O) groups excluding carboxylic acids is 1. The maximum Gasteiger partial charge on any atom is 0.222 e. The molecule has 28 heavy (non-hydrogen) atoms. The van der Waals surface area contributed by atoms with Gasteiger partial charge in [-0.1, -0.05) is 0 Å². The molecule has 3 aliphatic heterocycles. The minimum absolute atomic E-state index is 0.0256. The Bertz CT molecular complexity index is 509. The summed E-state index contributed by atoms with van der Waals surface area (Å²) in [6.07, 6.45) is 6.48. The molecule has 4 atom stereocenters. The number of nitrogens with one attached hydrogen (secondary N) is 1. The van der Waals surface area contributed by atoms with Crippen LogP contribution in [0.3, 0.4) is 0 Å². The van der Waals surface area contributed by atoms with E-state index in [4.69, 9.17) is 14.2 Å². The van der Waals surface area contributed by atoms with Crippen LogP contribution in [0.2, 0.25) is 0 Å². The lowest BCUT2D eigenvalue weighted by Crippen LogP contribution is -2.57. The first-order valence-corrected chi connectivity index (χ1v) is 11.2. The van der Waals surface area contributed by atoms with Gasteiger partial charge in [-0.15, -0.1) is 0 Å². The molecule has 7 nitrogen and oxygen atoms in total. The molecule has 0 radical (unpaired) electrons. The predicted molar refractivity (Wildman–Crippen MR) is 104 cm³/mol. The first-order chi connectivity index (χ1) is 13.7. The summed E-state index contributed by atoms with van der Waals surface area (Å²) < 4.78 is 17.6. The molecule has 0 unspecified atom stereocenters. The Balaban J connectivity index is 1.32. The fourth-order valence-electron chi connectivity index (χ4n) is 4.78. The fourth-order valence-corrected chi connectivity index (χ4v) is 4.78. The maximum atomic E-state index is 12.2. The van der Waals surface area contributed by atoms with Crippen LogP contribution < -0.4 is 5.32 Å². The van der Waals surface area contributed by atoms with Crippen LogP contribution in [-0.4, -0.2) is 86.3 Å². The summed E-state index contributed by atoms with van der Waals surface area (Å²) in [5, 5.41) is 13.3. The smallest absolute Gasteiger partial charge is 0.222 e. The SMILES string of the molecule is O=C(C[C@H]1CC[C@@H]2[C@H](COC[C@@H](O)CN2CC2CCOCC2)O1)NCC1CC1. The van der Waals surface area contributed by atoms with Gasteiger partial charge in [-0.2, -0.15) is 0 Å². The van der Waals surface area contributed by atoms with E-state index < -0.39 is 6.10 Å². The van der Waals surface area contributed by atoms with Crippen LogP contribution in [0.4, 0.5) is 0 Å². The van der Waals surface area contributed by atoms with Gasteiger partial charge in [0.25, 0.3) is 0 Å². The van der Waals surface area contributed by atoms with E-state index in [9.17, 15) is 9.90 Å². The molecule has 0 aromatic heterocycles. The van der Waals surface area contributed by atoms with E-state index in [1.165, 1.54) is 12.8 Å². The van der Waals surface area contributed by atoms with Crippen LogP contribution >= 0.6 is 0 Å². The number of hydrogen-bond donors (Lipinski definition) is 2. The van der Waals surface area contributed by atoms with Gasteiger partial charge in [0.05, 0.1) is 37.9 Å². The summed E-state index contributed by atoms with van der Waals surface area (Å²) in [7, 11) is 0. The first kappa shape index (κ1) is 20.5. The lowest BCUT2D eigenvalue weighted by molar-refractivity contribution is -0.159. The highest BCUT2D eigenvalue weighted by atomic mass is 16.5. The summed E-state index contributed by atoms with van der Waals surface area (Å²) in [6.45, 7) is 4.96. The number of β-amino-alcohol motifs (C(OH)–C–C–N with tert-alkyl or cyclic N) is 1. The first-order valence-electron chi connectivity index (χ1n) is 11.2. The van der Waals surface area contributed by atoms with Crippen molar-refractivity contribution in [2.75, 3.05) is 46.1 Å². The standard InChI is InChI=1S/C21H36N2O5/c24-17-12-23(11-16-5-7-26-8-6-16)19-4-3-18(28-20(19)14-27-13-17)9-21(25)22-10-15-1-2-15/h15-20,24H,1-14H2,(H,22,25)/t17-,18+,19+,20-/m0/s1. The zero-order valence-corrected chi connectivity index (χ0v) is 16.9. The predicted octanol–water partition coefficient (Wildman–Crippen LogP) is 0.939. The molecule has 7 heteroatoms. The summed E-state index contributed by atoms with van der Waals surface area (Å²) in [5.74, 6) is 1.43. The molecule has 4 aliphatic rings. The van der Waals surface area contributed by atoms with Crippen molar-refractivity contribution in [3.8, 4) is 0 Å². The van der Waals surface area contributed by atoms with Crippen LogP contribution in [0, 0.1) is 11.8 Å². The van der Waals surface area contributed by atoms with Crippen LogP contribution in [0.25, 0.3) is 0 Å². The lowest BCUT2D eigenvalue weighted by Gasteiger charge is -2.45. The Morgan fingerprint density at radius 3 is 2.61 bits per heavy atom. The van der Waals surface area contributed by atoms with Crippen molar-refractivity contribution < 1.29 is 24.1 Å². The van der Waals surface area contributed by atoms with Crippen molar-refractivity contribution in [3.05, 3.63) is 0 Å². The number of fused-ring (bicyclic) bond motifs is 1. The second kappa shape index (κ2) is 9.85. The highest BCUT2D eigenvalue weighted by molar-refractivity contribution is 5.76. The van der Waals surface area contributed by atoms with Crippen molar-refractivity contribution in [1.29, 1.82) is 0 Å². The third-order valence-corrected chi connectivity index (χ3v) is 6.62. The Morgan fingerprint density at radius 2 is 1.82 bits per heavy atom. The largest absolute Gasteiger partial charge is 0.389 e. The van der Waals surface area contributed by atoms with E-state index in [-0.39, 0.29) is 24.2 Å². The highest BCUT2D eigenvalue weighted by Gasteiger charge is 2.38. The van der Waals surface area contributed by atoms with E-state index in [0.717, 1.165) is 52.0 Å². The molecule has 1 amide bonds. The molecular formula is C21H36N2O5. The molecule has 160 valence electrons. The van der Waals surface area contributed by atoms with Gasteiger partial charge in [0, 0.05) is 38.9 Å². The van der Waals surface area contributed by atoms with Crippen molar-refractivity contribution in [1.82, 2.24) is 10.2 Å². The second-order valence-electron chi connectivity index (χ2n) is 9.09. The Labute approximate surface area is 168 Å². The molecule has 2 N–H and O–H groups in total. The Kier molecular flexibility index (Phi) is 7.22. The third-order valence-electron chi connectivity index (χ3n) is 6.62. The van der Waals surface area contributed by atoms with Crippen LogP contribution in [0.1, 0.15) is 44.9 Å². The van der Waals surface area contributed by atoms with E-state index in [0.29, 0.717) is 38.0 Å². The number of aliphatic hydroxyl groups excluding tert-OH is 1. The van der Waals surface area contributed by atoms with Crippen molar-refractivity contribution in [2.45, 2.75) is 69.3 Å². The summed E-state index contributed by atoms with van der Waals surface area (Å²) in [5.41, 5.74) is 0. The van der Waals surface area contributed by atoms with Gasteiger partial charge in [-0.05, 0) is 50.4 Å². The quantitative estimate of drug-likeness (QED) is 0.696. The topological polar surface area (TPSA) is 80.3 Å². The molecule has 4 rings (SSSR count). The zero-order valence-electron chi connectivity index (χ0n) is 16.9. The second-order valence-corrected chi connectivity index (χ2v) is 9.09. The molecule has 1 saturated carbocycles. The van der Waals surface area contributed by atoms with Crippen molar-refractivity contribution >= 4 is 5.91 Å². The number of aliphatic hydroxyl groups is 1. The van der Waals surface area contributed by atoms with Crippen molar-refractivity contribution in [2.24, 2.45) is 11.8 Å². The van der Waals surface area contributed by atoms with E-state index >= 15 is 0 Å². The lowest BCUT2D eigenvalue weighted by atomic mass is 9.92. The molecule has 3 saturated heterocycles. The van der Waals surface area contributed by atoms with Crippen LogP contribution in [-0.2, 0) is 19.0 Å². The summed E-state index contributed by atoms with van der Waals surface area (Å²) in [4.78, 5) is 14.6. The van der Waals surface area contributed by atoms with Crippen LogP contribution in [0.15, 0.2) is 0 Å². The van der Waals surface area contributed by atoms with Gasteiger partial charge in [0.1, 0.15) is 0 Å². The molecule has 0 aromatic rings. The number of hydrogen-bond acceptors (Lipinski definition) is 6. The molecule has 0 aromatic carbocycles. The molecular weight excluding hydrogens is 360 g/mol. The monoisotopic (exact) mass is 396 g/mol. The van der Waals surface area contributed by atoms with E-state index in [2.05, 4.69) is 10.2 Å². The molecule has 4 fully saturated rings. The molecule has 1 aliphatic carbocycles. The number of ether oxygens (including phenoxy) is 3. The minimum atomic E-state index is -0.452. The van der Waals surface area contributed by atoms with E-state index in [1.807, 2.05) is 0 Å². The number of amides is 1. The van der Waals surface area contributed by atoms with Gasteiger partial charge < -0.3 is 24.6 Å². The normalized spacial score (nSPS) is 35.6. The molecule has 3 heterocycles. The Hall–Kier alpha value is -0.730. The minimum Gasteiger partial charge on any atom is -0.389 e. The summed E-state index contributed by atoms with van der Waals surface area (Å²) in [6, 6.07) is 0.253. The average molecular weight is 397 g/mol. The van der Waals surface area contributed by atoms with Crippen LogP contribution in [0.5, 0.6) is 0 Å². The number of nitrogens with zero attached hydrogens (tertiary/aromatic N) is 1. The molecule has 0 spiro atoms. The third kappa shape index (κ3) is 5.89. The molecule has 0 bridgehead atoms. The Morgan fingerprint density at radius 1 is 1.00 bits per heavy atom. The van der Waals surface area contributed by atoms with Gasteiger partial charge in [0.15, 0.2) is 0 Å². The van der Waals surface area contributed by atoms with Gasteiger partial charge in [-0.25, -0.2) is 0 Å². The number of rotatable bonds is 6. The van der Waals surface area contributed by atoms with Gasteiger partial charge in [-0.3, -0.25) is 9.69 Å².